The van der Waals surface area contributed by atoms with Gasteiger partial charge in [-0.25, -0.2) is 0 Å². The van der Waals surface area contributed by atoms with Crippen molar-refractivity contribution in [1.82, 2.24) is 19.7 Å². The Kier molecular flexibility index (Phi) is 6.83. The molecule has 1 saturated heterocycles. The van der Waals surface area contributed by atoms with E-state index in [0.29, 0.717) is 6.73 Å². The molecule has 0 unspecified atom stereocenters. The molecule has 3 heterocycles. The first-order valence-corrected chi connectivity index (χ1v) is 12.4. The number of pyridine rings is 1. The maximum absolute atomic E-state index is 6.21. The summed E-state index contributed by atoms with van der Waals surface area (Å²) in [6.07, 6.45) is 10.8. The monoisotopic (exact) mass is 448 g/mol. The van der Waals surface area contributed by atoms with Gasteiger partial charge in [-0.3, -0.25) is 14.8 Å². The van der Waals surface area contributed by atoms with E-state index in [0.717, 1.165) is 75.7 Å². The van der Waals surface area contributed by atoms with Crippen molar-refractivity contribution in [3.63, 3.8) is 0 Å². The van der Waals surface area contributed by atoms with Gasteiger partial charge in [-0.1, -0.05) is 25.5 Å². The van der Waals surface area contributed by atoms with Gasteiger partial charge in [-0.2, -0.15) is 0 Å². The molecule has 0 radical (unpaired) electrons. The first-order valence-electron chi connectivity index (χ1n) is 12.4. The summed E-state index contributed by atoms with van der Waals surface area (Å²) in [5.41, 5.74) is 5.03. The lowest BCUT2D eigenvalue weighted by Gasteiger charge is -2.38. The molecule has 0 spiro atoms. The average Bonchev–Trinajstić information content (AvgIpc) is 2.88. The maximum Gasteiger partial charge on any atom is 0.152 e. The van der Waals surface area contributed by atoms with Gasteiger partial charge in [-0.05, 0) is 43.0 Å². The minimum Gasteiger partial charge on any atom is -0.495 e. The fraction of sp³-hybridized carbons (Fsp3) is 0.519. The molecule has 6 nitrogen and oxygen atoms in total. The van der Waals surface area contributed by atoms with Crippen molar-refractivity contribution >= 4 is 10.9 Å². The summed E-state index contributed by atoms with van der Waals surface area (Å²) in [4.78, 5) is 12.2. The summed E-state index contributed by atoms with van der Waals surface area (Å²) < 4.78 is 11.8. The predicted octanol–water partition coefficient (Wildman–Crippen LogP) is 4.51. The Labute approximate surface area is 197 Å². The molecule has 0 saturated carbocycles. The number of aromatic nitrogens is 1. The predicted molar refractivity (Wildman–Crippen MR) is 132 cm³/mol. The van der Waals surface area contributed by atoms with Gasteiger partial charge in [0.05, 0.1) is 12.8 Å². The fourth-order valence-electron chi connectivity index (χ4n) is 5.27. The normalized spacial score (nSPS) is 19.6. The molecule has 1 aromatic carbocycles. The number of allylic oxidation sites excluding steroid dienone is 3. The zero-order chi connectivity index (χ0) is 22.6. The molecule has 0 bridgehead atoms. The molecule has 6 heteroatoms. The summed E-state index contributed by atoms with van der Waals surface area (Å²) >= 11 is 0. The molecule has 2 aliphatic heterocycles. The summed E-state index contributed by atoms with van der Waals surface area (Å²) in [5.74, 6) is 2.02. The molecule has 0 atom stereocenters. The molecule has 0 N–H and O–H groups in total. The average molecular weight is 449 g/mol. The van der Waals surface area contributed by atoms with E-state index >= 15 is 0 Å². The van der Waals surface area contributed by atoms with Crippen molar-refractivity contribution in [1.29, 1.82) is 0 Å². The van der Waals surface area contributed by atoms with Crippen molar-refractivity contribution in [3.05, 3.63) is 59.1 Å². The van der Waals surface area contributed by atoms with Crippen LogP contribution in [0.1, 0.15) is 43.7 Å². The molecular formula is C27H36N4O2. The van der Waals surface area contributed by atoms with Crippen molar-refractivity contribution in [2.24, 2.45) is 0 Å². The largest absolute Gasteiger partial charge is 0.495 e. The van der Waals surface area contributed by atoms with E-state index in [1.807, 2.05) is 12.3 Å². The van der Waals surface area contributed by atoms with Gasteiger partial charge in [0.15, 0.2) is 5.75 Å². The zero-order valence-electron chi connectivity index (χ0n) is 20.1. The third-order valence-corrected chi connectivity index (χ3v) is 7.09. The smallest absolute Gasteiger partial charge is 0.152 e. The zero-order valence-corrected chi connectivity index (χ0v) is 20.1. The number of ether oxygens (including phenoxy) is 2. The van der Waals surface area contributed by atoms with Crippen molar-refractivity contribution in [3.8, 4) is 5.75 Å². The Morgan fingerprint density at radius 2 is 2.03 bits per heavy atom. The molecule has 1 aromatic heterocycles. The molecule has 176 valence electrons. The van der Waals surface area contributed by atoms with Crippen molar-refractivity contribution in [2.45, 2.75) is 45.7 Å². The molecule has 1 aliphatic carbocycles. The molecule has 2 aromatic rings. The number of hydrogen-bond acceptors (Lipinski definition) is 6. The highest BCUT2D eigenvalue weighted by molar-refractivity contribution is 5.89. The van der Waals surface area contributed by atoms with Crippen LogP contribution >= 0.6 is 0 Å². The standard InChI is InChI=1S/C27H36N4O2/c1-3-4-12-30-19-22-17-21(23-8-7-11-28-26(23)27(22)33-20-30)18-29-13-15-31(16-14-29)24-9-5-6-10-25(24)32-2/h6-8,10-11,17H,3-5,9,12-16,18-20H2,1-2H3. The SMILES string of the molecule is CCCCN1COc2c(cc(CN3CCN(C4=C(OC)C=CCC4)CC3)c3cccnc23)C1. The highest BCUT2D eigenvalue weighted by Gasteiger charge is 2.25. The summed E-state index contributed by atoms with van der Waals surface area (Å²) in [5, 5.41) is 1.22. The third-order valence-electron chi connectivity index (χ3n) is 7.09. The van der Waals surface area contributed by atoms with Crippen LogP contribution in [0.4, 0.5) is 0 Å². The molecule has 33 heavy (non-hydrogen) atoms. The van der Waals surface area contributed by atoms with E-state index < -0.39 is 0 Å². The molecular weight excluding hydrogens is 412 g/mol. The van der Waals surface area contributed by atoms with Crippen LogP contribution in [0, 0.1) is 0 Å². The van der Waals surface area contributed by atoms with E-state index in [2.05, 4.69) is 45.9 Å². The first-order chi connectivity index (χ1) is 16.3. The van der Waals surface area contributed by atoms with Crippen LogP contribution in [-0.2, 0) is 17.8 Å². The Hall–Kier alpha value is -2.57. The van der Waals surface area contributed by atoms with Gasteiger partial charge in [0, 0.05) is 63.0 Å². The Balaban J connectivity index is 1.33. The summed E-state index contributed by atoms with van der Waals surface area (Å²) in [6.45, 7) is 10.1. The number of rotatable bonds is 7. The van der Waals surface area contributed by atoms with Gasteiger partial charge >= 0.3 is 0 Å². The van der Waals surface area contributed by atoms with E-state index in [4.69, 9.17) is 14.5 Å². The second kappa shape index (κ2) is 10.1. The van der Waals surface area contributed by atoms with Crippen LogP contribution in [0.3, 0.4) is 0 Å². The van der Waals surface area contributed by atoms with Crippen LogP contribution in [0.2, 0.25) is 0 Å². The Bertz CT molecular complexity index is 1040. The van der Waals surface area contributed by atoms with E-state index in [1.54, 1.807) is 7.11 Å². The van der Waals surface area contributed by atoms with Gasteiger partial charge in [0.25, 0.3) is 0 Å². The van der Waals surface area contributed by atoms with Crippen LogP contribution in [0.25, 0.3) is 10.9 Å². The van der Waals surface area contributed by atoms with Gasteiger partial charge < -0.3 is 14.4 Å². The van der Waals surface area contributed by atoms with E-state index in [-0.39, 0.29) is 0 Å². The number of nitrogens with zero attached hydrogens (tertiary/aromatic N) is 4. The maximum atomic E-state index is 6.21. The highest BCUT2D eigenvalue weighted by Crippen LogP contribution is 2.35. The van der Waals surface area contributed by atoms with Crippen molar-refractivity contribution < 1.29 is 9.47 Å². The van der Waals surface area contributed by atoms with Crippen molar-refractivity contribution in [2.75, 3.05) is 46.6 Å². The topological polar surface area (TPSA) is 41.1 Å². The van der Waals surface area contributed by atoms with Crippen LogP contribution < -0.4 is 4.74 Å². The van der Waals surface area contributed by atoms with Crippen LogP contribution in [0.5, 0.6) is 5.75 Å². The van der Waals surface area contributed by atoms with E-state index in [1.165, 1.54) is 35.1 Å². The van der Waals surface area contributed by atoms with Gasteiger partial charge in [-0.15, -0.1) is 0 Å². The number of hydrogen-bond donors (Lipinski definition) is 0. The van der Waals surface area contributed by atoms with Crippen LogP contribution in [-0.4, -0.2) is 66.2 Å². The molecule has 0 amide bonds. The quantitative estimate of drug-likeness (QED) is 0.621. The first kappa shape index (κ1) is 22.2. The Morgan fingerprint density at radius 3 is 2.85 bits per heavy atom. The number of piperazine rings is 1. The molecule has 3 aliphatic rings. The summed E-state index contributed by atoms with van der Waals surface area (Å²) in [6, 6.07) is 6.62. The highest BCUT2D eigenvalue weighted by atomic mass is 16.5. The lowest BCUT2D eigenvalue weighted by atomic mass is 10.0. The van der Waals surface area contributed by atoms with Gasteiger partial charge in [0.2, 0.25) is 0 Å². The fourth-order valence-corrected chi connectivity index (χ4v) is 5.27. The number of unbranched alkanes of at least 4 members (excludes halogenated alkanes) is 1. The summed E-state index contributed by atoms with van der Waals surface area (Å²) in [7, 11) is 1.78. The van der Waals surface area contributed by atoms with E-state index in [9.17, 15) is 0 Å². The second-order valence-corrected chi connectivity index (χ2v) is 9.32. The Morgan fingerprint density at radius 1 is 1.15 bits per heavy atom. The second-order valence-electron chi connectivity index (χ2n) is 9.32. The number of benzene rings is 1. The lowest BCUT2D eigenvalue weighted by molar-refractivity contribution is 0.0953. The number of fused-ring (bicyclic) bond motifs is 3. The number of methoxy groups -OCH3 is 1. The minimum absolute atomic E-state index is 0.661. The van der Waals surface area contributed by atoms with Crippen LogP contribution in [0.15, 0.2) is 48.0 Å². The minimum atomic E-state index is 0.661. The third kappa shape index (κ3) is 4.73. The van der Waals surface area contributed by atoms with Gasteiger partial charge in [0.1, 0.15) is 18.0 Å². The molecule has 5 rings (SSSR count). The lowest BCUT2D eigenvalue weighted by Crippen LogP contribution is -2.45. The molecule has 1 fully saturated rings.